The fourth-order valence-corrected chi connectivity index (χ4v) is 5.72. The van der Waals surface area contributed by atoms with Crippen LogP contribution in [0.1, 0.15) is 37.0 Å². The van der Waals surface area contributed by atoms with Crippen molar-refractivity contribution in [2.45, 2.75) is 51.6 Å². The van der Waals surface area contributed by atoms with Crippen LogP contribution < -0.4 is 9.62 Å². The predicted octanol–water partition coefficient (Wildman–Crippen LogP) is 5.10. The molecule has 0 aliphatic rings. The van der Waals surface area contributed by atoms with Crippen molar-refractivity contribution >= 4 is 39.1 Å². The monoisotopic (exact) mass is 555 g/mol. The van der Waals surface area contributed by atoms with Crippen LogP contribution in [-0.4, -0.2) is 44.3 Å². The fraction of sp³-hybridized carbons (Fsp3) is 0.310. The van der Waals surface area contributed by atoms with Crippen LogP contribution in [0, 0.1) is 13.8 Å². The summed E-state index contributed by atoms with van der Waals surface area (Å²) in [6.45, 7) is 7.31. The number of rotatable bonds is 11. The molecule has 0 radical (unpaired) electrons. The third-order valence-corrected chi connectivity index (χ3v) is 8.61. The van der Waals surface area contributed by atoms with E-state index in [1.807, 2.05) is 26.8 Å². The third kappa shape index (κ3) is 6.74. The Bertz CT molecular complexity index is 1380. The Morgan fingerprint density at radius 1 is 0.947 bits per heavy atom. The predicted molar refractivity (Wildman–Crippen MR) is 152 cm³/mol. The maximum Gasteiger partial charge on any atom is 0.264 e. The summed E-state index contributed by atoms with van der Waals surface area (Å²) in [7, 11) is -4.10. The summed E-state index contributed by atoms with van der Waals surface area (Å²) >= 11 is 6.39. The van der Waals surface area contributed by atoms with Gasteiger partial charge in [-0.15, -0.1) is 0 Å². The van der Waals surface area contributed by atoms with Crippen LogP contribution in [0.4, 0.5) is 5.69 Å². The number of halogens is 1. The highest BCUT2D eigenvalue weighted by atomic mass is 35.5. The topological polar surface area (TPSA) is 86.8 Å². The average Bonchev–Trinajstić information content (AvgIpc) is 2.91. The highest BCUT2D eigenvalue weighted by Crippen LogP contribution is 2.29. The number of hydrogen-bond donors (Lipinski definition) is 1. The highest BCUT2D eigenvalue weighted by molar-refractivity contribution is 7.92. The molecule has 38 heavy (non-hydrogen) atoms. The van der Waals surface area contributed by atoms with Crippen molar-refractivity contribution in [2.75, 3.05) is 17.4 Å². The van der Waals surface area contributed by atoms with Gasteiger partial charge in [-0.05, 0) is 68.1 Å². The van der Waals surface area contributed by atoms with Crippen molar-refractivity contribution in [1.29, 1.82) is 0 Å². The first-order chi connectivity index (χ1) is 18.1. The molecule has 0 aliphatic heterocycles. The van der Waals surface area contributed by atoms with E-state index in [2.05, 4.69) is 5.32 Å². The zero-order valence-electron chi connectivity index (χ0n) is 22.1. The Labute approximate surface area is 230 Å². The number of benzene rings is 3. The Kier molecular flexibility index (Phi) is 9.94. The van der Waals surface area contributed by atoms with E-state index in [0.717, 1.165) is 21.9 Å². The van der Waals surface area contributed by atoms with E-state index >= 15 is 0 Å². The summed E-state index contributed by atoms with van der Waals surface area (Å²) < 4.78 is 28.9. The van der Waals surface area contributed by atoms with Crippen molar-refractivity contribution in [3.05, 3.63) is 94.5 Å². The van der Waals surface area contributed by atoms with Gasteiger partial charge in [0, 0.05) is 18.1 Å². The molecule has 1 N–H and O–H groups in total. The van der Waals surface area contributed by atoms with Crippen LogP contribution in [0.25, 0.3) is 0 Å². The second-order valence-electron chi connectivity index (χ2n) is 9.12. The van der Waals surface area contributed by atoms with E-state index in [-0.39, 0.29) is 17.3 Å². The zero-order valence-corrected chi connectivity index (χ0v) is 23.7. The van der Waals surface area contributed by atoms with Gasteiger partial charge in [-0.2, -0.15) is 0 Å². The van der Waals surface area contributed by atoms with Crippen molar-refractivity contribution in [1.82, 2.24) is 10.2 Å². The van der Waals surface area contributed by atoms with Gasteiger partial charge >= 0.3 is 0 Å². The van der Waals surface area contributed by atoms with Gasteiger partial charge < -0.3 is 10.2 Å². The number of sulfonamides is 1. The van der Waals surface area contributed by atoms with E-state index in [1.165, 1.54) is 17.0 Å². The molecule has 7 nitrogen and oxygen atoms in total. The molecule has 0 heterocycles. The summed E-state index contributed by atoms with van der Waals surface area (Å²) in [6.07, 6.45) is 0.743. The summed E-state index contributed by atoms with van der Waals surface area (Å²) in [4.78, 5) is 28.3. The molecular weight excluding hydrogens is 522 g/mol. The SMILES string of the molecule is CCCNC(=O)[C@H](C)N(Cc1ccccc1Cl)C(=O)CN(c1cccc(C)c1C)S(=O)(=O)c1ccccc1. The second kappa shape index (κ2) is 12.9. The maximum absolute atomic E-state index is 13.9. The molecule has 3 aromatic carbocycles. The number of nitrogens with zero attached hydrogens (tertiary/aromatic N) is 2. The summed E-state index contributed by atoms with van der Waals surface area (Å²) in [5.74, 6) is -0.846. The van der Waals surface area contributed by atoms with Crippen molar-refractivity contribution < 1.29 is 18.0 Å². The Morgan fingerprint density at radius 3 is 2.26 bits per heavy atom. The van der Waals surface area contributed by atoms with Gasteiger partial charge in [0.05, 0.1) is 10.6 Å². The van der Waals surface area contributed by atoms with E-state index in [4.69, 9.17) is 11.6 Å². The molecule has 2 amide bonds. The van der Waals surface area contributed by atoms with Gasteiger partial charge in [-0.3, -0.25) is 13.9 Å². The van der Waals surface area contributed by atoms with Crippen LogP contribution in [-0.2, 0) is 26.2 Å². The molecule has 0 saturated carbocycles. The first-order valence-corrected chi connectivity index (χ1v) is 14.3. The van der Waals surface area contributed by atoms with Crippen LogP contribution in [0.5, 0.6) is 0 Å². The first-order valence-electron chi connectivity index (χ1n) is 12.5. The molecule has 202 valence electrons. The van der Waals surface area contributed by atoms with E-state index in [1.54, 1.807) is 61.5 Å². The second-order valence-corrected chi connectivity index (χ2v) is 11.4. The summed E-state index contributed by atoms with van der Waals surface area (Å²) in [5, 5.41) is 3.28. The summed E-state index contributed by atoms with van der Waals surface area (Å²) in [6, 6.07) is 19.6. The average molecular weight is 556 g/mol. The molecule has 0 spiro atoms. The van der Waals surface area contributed by atoms with Crippen LogP contribution in [0.15, 0.2) is 77.7 Å². The van der Waals surface area contributed by atoms with Crippen molar-refractivity contribution in [3.8, 4) is 0 Å². The van der Waals surface area contributed by atoms with Crippen molar-refractivity contribution in [2.24, 2.45) is 0 Å². The lowest BCUT2D eigenvalue weighted by atomic mass is 10.1. The van der Waals surface area contributed by atoms with Crippen LogP contribution >= 0.6 is 11.6 Å². The lowest BCUT2D eigenvalue weighted by Crippen LogP contribution is -2.51. The minimum Gasteiger partial charge on any atom is -0.354 e. The summed E-state index contributed by atoms with van der Waals surface area (Å²) in [5.41, 5.74) is 2.69. The number of hydrogen-bond acceptors (Lipinski definition) is 4. The Balaban J connectivity index is 2.06. The highest BCUT2D eigenvalue weighted by Gasteiger charge is 2.33. The molecule has 9 heteroatoms. The van der Waals surface area contributed by atoms with Gasteiger partial charge in [-0.25, -0.2) is 8.42 Å². The number of amides is 2. The van der Waals surface area contributed by atoms with Crippen molar-refractivity contribution in [3.63, 3.8) is 0 Å². The smallest absolute Gasteiger partial charge is 0.264 e. The van der Waals surface area contributed by atoms with Gasteiger partial charge in [0.25, 0.3) is 10.0 Å². The van der Waals surface area contributed by atoms with Gasteiger partial charge in [0.1, 0.15) is 12.6 Å². The van der Waals surface area contributed by atoms with Gasteiger partial charge in [0.15, 0.2) is 0 Å². The molecular formula is C29H34ClN3O4S. The molecule has 3 rings (SSSR count). The fourth-order valence-electron chi connectivity index (χ4n) is 4.03. The molecule has 0 fully saturated rings. The number of aryl methyl sites for hydroxylation is 1. The van der Waals surface area contributed by atoms with E-state index in [0.29, 0.717) is 22.8 Å². The third-order valence-electron chi connectivity index (χ3n) is 6.47. The molecule has 0 bridgehead atoms. The Hall–Kier alpha value is -3.36. The number of carbonyl (C=O) groups is 2. The first kappa shape index (κ1) is 29.2. The van der Waals surface area contributed by atoms with E-state index in [9.17, 15) is 18.0 Å². The number of anilines is 1. The van der Waals surface area contributed by atoms with Gasteiger partial charge in [0.2, 0.25) is 11.8 Å². The quantitative estimate of drug-likeness (QED) is 0.357. The molecule has 0 aliphatic carbocycles. The largest absolute Gasteiger partial charge is 0.354 e. The van der Waals surface area contributed by atoms with E-state index < -0.39 is 28.5 Å². The number of carbonyl (C=O) groups excluding carboxylic acids is 2. The maximum atomic E-state index is 13.9. The molecule has 0 aromatic heterocycles. The number of nitrogens with one attached hydrogen (secondary N) is 1. The minimum absolute atomic E-state index is 0.0469. The van der Waals surface area contributed by atoms with Crippen LogP contribution in [0.2, 0.25) is 5.02 Å². The lowest BCUT2D eigenvalue weighted by molar-refractivity contribution is -0.139. The normalized spacial score (nSPS) is 12.0. The Morgan fingerprint density at radius 2 is 1.61 bits per heavy atom. The molecule has 0 saturated heterocycles. The lowest BCUT2D eigenvalue weighted by Gasteiger charge is -2.32. The molecule has 3 aromatic rings. The zero-order chi connectivity index (χ0) is 27.9. The van der Waals surface area contributed by atoms with Gasteiger partial charge in [-0.1, -0.05) is 67.1 Å². The van der Waals surface area contributed by atoms with Crippen LogP contribution in [0.3, 0.4) is 0 Å². The molecule has 1 atom stereocenters. The standard InChI is InChI=1S/C29H34ClN3O4S/c1-5-18-31-29(35)23(4)32(19-24-13-9-10-16-26(24)30)28(34)20-33(27-17-11-12-21(2)22(27)3)38(36,37)25-14-7-6-8-15-25/h6-17,23H,5,18-20H2,1-4H3,(H,31,35)/t23-/m0/s1. The molecule has 0 unspecified atom stereocenters. The minimum atomic E-state index is -4.10.